The molecule has 0 saturated heterocycles. The van der Waals surface area contributed by atoms with Crippen LogP contribution >= 0.6 is 0 Å². The molecule has 0 aliphatic heterocycles. The van der Waals surface area contributed by atoms with Crippen LogP contribution in [0.2, 0.25) is 0 Å². The van der Waals surface area contributed by atoms with Gasteiger partial charge in [-0.05, 0) is 6.92 Å². The number of rotatable bonds is 4. The van der Waals surface area contributed by atoms with E-state index in [0.717, 1.165) is 0 Å². The third kappa shape index (κ3) is 3.51. The molecule has 6 nitrogen and oxygen atoms in total. The summed E-state index contributed by atoms with van der Waals surface area (Å²) in [7, 11) is 0. The minimum absolute atomic E-state index is 0.0578. The van der Waals surface area contributed by atoms with Crippen molar-refractivity contribution in [2.75, 3.05) is 6.61 Å². The topological polar surface area (TPSA) is 107 Å². The maximum Gasteiger partial charge on any atom is 0.354 e. The molecule has 0 aliphatic rings. The number of esters is 1. The SMILES string of the molecule is C=C(C)C(=O)OC(O)(O)C(O)CO. The van der Waals surface area contributed by atoms with E-state index in [9.17, 15) is 4.79 Å². The van der Waals surface area contributed by atoms with Crippen LogP contribution in [0, 0.1) is 0 Å². The van der Waals surface area contributed by atoms with Crippen LogP contribution in [0.15, 0.2) is 12.2 Å². The summed E-state index contributed by atoms with van der Waals surface area (Å²) in [6.45, 7) is 3.53. The molecule has 0 aromatic rings. The van der Waals surface area contributed by atoms with E-state index in [-0.39, 0.29) is 5.57 Å². The van der Waals surface area contributed by atoms with E-state index in [1.807, 2.05) is 0 Å². The maximum atomic E-state index is 10.7. The van der Waals surface area contributed by atoms with Crippen molar-refractivity contribution in [3.63, 3.8) is 0 Å². The largest absolute Gasteiger partial charge is 0.402 e. The fraction of sp³-hybridized carbons (Fsp3) is 0.571. The minimum atomic E-state index is -3.09. The van der Waals surface area contributed by atoms with Crippen molar-refractivity contribution in [2.45, 2.75) is 19.0 Å². The van der Waals surface area contributed by atoms with Crippen LogP contribution in [0.1, 0.15) is 6.92 Å². The molecular formula is C7H12O6. The molecule has 0 saturated carbocycles. The number of carbonyl (C=O) groups is 1. The standard InChI is InChI=1S/C7H12O6/c1-4(2)6(10)13-7(11,12)5(9)3-8/h5,8-9,11-12H,1,3H2,2H3. The average Bonchev–Trinajstić information content (AvgIpc) is 2.01. The third-order valence-corrected chi connectivity index (χ3v) is 1.20. The van der Waals surface area contributed by atoms with Gasteiger partial charge in [-0.2, -0.15) is 0 Å². The molecule has 0 rings (SSSR count). The third-order valence-electron chi connectivity index (χ3n) is 1.20. The zero-order valence-corrected chi connectivity index (χ0v) is 7.10. The fourth-order valence-electron chi connectivity index (χ4n) is 0.410. The second-order valence-corrected chi connectivity index (χ2v) is 2.53. The van der Waals surface area contributed by atoms with Crippen LogP contribution in [0.25, 0.3) is 0 Å². The van der Waals surface area contributed by atoms with Gasteiger partial charge in [-0.1, -0.05) is 6.58 Å². The van der Waals surface area contributed by atoms with Gasteiger partial charge in [-0.3, -0.25) is 0 Å². The molecule has 0 fully saturated rings. The highest BCUT2D eigenvalue weighted by molar-refractivity contribution is 5.87. The number of aliphatic hydroxyl groups excluding tert-OH is 2. The van der Waals surface area contributed by atoms with Crippen molar-refractivity contribution in [1.82, 2.24) is 0 Å². The van der Waals surface area contributed by atoms with E-state index in [1.165, 1.54) is 6.92 Å². The van der Waals surface area contributed by atoms with Gasteiger partial charge in [0.2, 0.25) is 0 Å². The molecule has 0 amide bonds. The van der Waals surface area contributed by atoms with E-state index in [2.05, 4.69) is 11.3 Å². The second-order valence-electron chi connectivity index (χ2n) is 2.53. The van der Waals surface area contributed by atoms with Crippen molar-refractivity contribution in [3.8, 4) is 0 Å². The quantitative estimate of drug-likeness (QED) is 0.235. The summed E-state index contributed by atoms with van der Waals surface area (Å²) < 4.78 is 4.01. The van der Waals surface area contributed by atoms with E-state index in [1.54, 1.807) is 0 Å². The van der Waals surface area contributed by atoms with Gasteiger partial charge in [-0.25, -0.2) is 4.79 Å². The molecule has 6 heteroatoms. The highest BCUT2D eigenvalue weighted by Crippen LogP contribution is 2.10. The summed E-state index contributed by atoms with van der Waals surface area (Å²) >= 11 is 0. The molecule has 1 unspecified atom stereocenters. The zero-order valence-electron chi connectivity index (χ0n) is 7.10. The minimum Gasteiger partial charge on any atom is -0.402 e. The molecule has 4 N–H and O–H groups in total. The molecular weight excluding hydrogens is 180 g/mol. The number of aliphatic hydroxyl groups is 4. The molecule has 0 aromatic carbocycles. The van der Waals surface area contributed by atoms with Crippen LogP contribution in [-0.4, -0.2) is 45.1 Å². The maximum absolute atomic E-state index is 10.7. The lowest BCUT2D eigenvalue weighted by atomic mass is 10.3. The Morgan fingerprint density at radius 3 is 2.38 bits per heavy atom. The van der Waals surface area contributed by atoms with E-state index < -0.39 is 24.7 Å². The first-order chi connectivity index (χ1) is 5.81. The molecule has 76 valence electrons. The predicted molar refractivity (Wildman–Crippen MR) is 41.2 cm³/mol. The van der Waals surface area contributed by atoms with Crippen LogP contribution in [-0.2, 0) is 9.53 Å². The molecule has 0 spiro atoms. The van der Waals surface area contributed by atoms with Gasteiger partial charge in [0.15, 0.2) is 6.10 Å². The highest BCUT2D eigenvalue weighted by atomic mass is 16.8. The van der Waals surface area contributed by atoms with Gasteiger partial charge < -0.3 is 25.2 Å². The monoisotopic (exact) mass is 192 g/mol. The summed E-state index contributed by atoms with van der Waals surface area (Å²) in [5, 5.41) is 34.8. The van der Waals surface area contributed by atoms with Gasteiger partial charge in [0, 0.05) is 5.57 Å². The van der Waals surface area contributed by atoms with Gasteiger partial charge in [-0.15, -0.1) is 0 Å². The first-order valence-corrected chi connectivity index (χ1v) is 3.43. The van der Waals surface area contributed by atoms with Crippen LogP contribution < -0.4 is 0 Å². The second kappa shape index (κ2) is 4.33. The lowest BCUT2D eigenvalue weighted by Crippen LogP contribution is -2.48. The summed E-state index contributed by atoms with van der Waals surface area (Å²) in [5.41, 5.74) is -0.0578. The fourth-order valence-corrected chi connectivity index (χ4v) is 0.410. The molecule has 1 atom stereocenters. The van der Waals surface area contributed by atoms with E-state index in [4.69, 9.17) is 20.4 Å². The van der Waals surface area contributed by atoms with Crippen molar-refractivity contribution in [1.29, 1.82) is 0 Å². The van der Waals surface area contributed by atoms with Gasteiger partial charge in [0.05, 0.1) is 6.61 Å². The summed E-state index contributed by atoms with van der Waals surface area (Å²) in [6.07, 6.45) is -1.98. The van der Waals surface area contributed by atoms with Crippen LogP contribution in [0.4, 0.5) is 0 Å². The number of carbonyl (C=O) groups excluding carboxylic acids is 1. The number of hydrogen-bond donors (Lipinski definition) is 4. The van der Waals surface area contributed by atoms with Crippen LogP contribution in [0.5, 0.6) is 0 Å². The molecule has 0 heterocycles. The Hall–Kier alpha value is -0.950. The normalized spacial score (nSPS) is 13.6. The van der Waals surface area contributed by atoms with Crippen molar-refractivity contribution in [2.24, 2.45) is 0 Å². The Morgan fingerprint density at radius 1 is 1.62 bits per heavy atom. The zero-order chi connectivity index (χ0) is 10.6. The van der Waals surface area contributed by atoms with Crippen molar-refractivity contribution < 1.29 is 30.0 Å². The van der Waals surface area contributed by atoms with E-state index in [0.29, 0.717) is 0 Å². The van der Waals surface area contributed by atoms with Gasteiger partial charge >= 0.3 is 11.9 Å². The average molecular weight is 192 g/mol. The predicted octanol–water partition coefficient (Wildman–Crippen LogP) is -1.90. The van der Waals surface area contributed by atoms with Gasteiger partial charge in [0.1, 0.15) is 0 Å². The summed E-state index contributed by atoms with van der Waals surface area (Å²) in [6, 6.07) is 0. The number of hydrogen-bond acceptors (Lipinski definition) is 6. The molecule has 0 aliphatic carbocycles. The first kappa shape index (κ1) is 12.0. The smallest absolute Gasteiger partial charge is 0.354 e. The Morgan fingerprint density at radius 2 is 2.08 bits per heavy atom. The Kier molecular flexibility index (Phi) is 4.02. The van der Waals surface area contributed by atoms with Crippen molar-refractivity contribution >= 4 is 5.97 Å². The summed E-state index contributed by atoms with van der Waals surface area (Å²) in [5.74, 6) is -4.16. The van der Waals surface area contributed by atoms with Crippen LogP contribution in [0.3, 0.4) is 0 Å². The summed E-state index contributed by atoms with van der Waals surface area (Å²) in [4.78, 5) is 10.7. The molecule has 0 bridgehead atoms. The molecule has 13 heavy (non-hydrogen) atoms. The molecule has 0 aromatic heterocycles. The van der Waals surface area contributed by atoms with Crippen molar-refractivity contribution in [3.05, 3.63) is 12.2 Å². The Bertz CT molecular complexity index is 209. The Balaban J connectivity index is 4.33. The lowest BCUT2D eigenvalue weighted by Gasteiger charge is -2.24. The number of ether oxygens (including phenoxy) is 1. The van der Waals surface area contributed by atoms with Gasteiger partial charge in [0.25, 0.3) is 0 Å². The molecule has 0 radical (unpaired) electrons. The lowest BCUT2D eigenvalue weighted by molar-refractivity contribution is -0.359. The Labute approximate surface area is 74.7 Å². The first-order valence-electron chi connectivity index (χ1n) is 3.43. The van der Waals surface area contributed by atoms with E-state index >= 15 is 0 Å². The highest BCUT2D eigenvalue weighted by Gasteiger charge is 2.37.